The van der Waals surface area contributed by atoms with Gasteiger partial charge in [0, 0.05) is 6.07 Å². The number of carboxylic acid groups (broad SMARTS) is 1. The first-order chi connectivity index (χ1) is 7.97. The van der Waals surface area contributed by atoms with Crippen LogP contribution in [0.1, 0.15) is 16.2 Å². The van der Waals surface area contributed by atoms with Crippen LogP contribution < -0.4 is 0 Å². The molecule has 0 aliphatic rings. The first-order valence-electron chi connectivity index (χ1n) is 5.03. The van der Waals surface area contributed by atoms with Crippen LogP contribution in [-0.2, 0) is 6.54 Å². The molecular formula is C11H12FN3O2. The number of rotatable bonds is 3. The number of halogens is 1. The monoisotopic (exact) mass is 237 g/mol. The smallest absolute Gasteiger partial charge is 0.338 e. The standard InChI is InChI=1S/C11H12FN3O2/c1-15(2)5-10-13-8-3-6(11(16)17)7(12)4-9(8)14-10/h3-4H,5H2,1-2H3,(H,13,14)(H,16,17). The van der Waals surface area contributed by atoms with Gasteiger partial charge in [-0.1, -0.05) is 0 Å². The summed E-state index contributed by atoms with van der Waals surface area (Å²) in [6.45, 7) is 0.582. The zero-order valence-electron chi connectivity index (χ0n) is 9.49. The van der Waals surface area contributed by atoms with Gasteiger partial charge in [0.2, 0.25) is 0 Å². The molecule has 17 heavy (non-hydrogen) atoms. The Morgan fingerprint density at radius 2 is 2.24 bits per heavy atom. The molecule has 2 N–H and O–H groups in total. The second-order valence-electron chi connectivity index (χ2n) is 4.08. The number of H-pyrrole nitrogens is 1. The van der Waals surface area contributed by atoms with Gasteiger partial charge in [0.25, 0.3) is 0 Å². The van der Waals surface area contributed by atoms with E-state index in [2.05, 4.69) is 9.97 Å². The fourth-order valence-corrected chi connectivity index (χ4v) is 1.62. The average molecular weight is 237 g/mol. The van der Waals surface area contributed by atoms with Crippen molar-refractivity contribution in [3.8, 4) is 0 Å². The van der Waals surface area contributed by atoms with Crippen LogP contribution >= 0.6 is 0 Å². The third-order valence-corrected chi connectivity index (χ3v) is 2.32. The number of aromatic carboxylic acids is 1. The Bertz CT molecular complexity index is 577. The van der Waals surface area contributed by atoms with Crippen molar-refractivity contribution in [1.82, 2.24) is 14.9 Å². The molecule has 2 aromatic rings. The molecule has 0 radical (unpaired) electrons. The van der Waals surface area contributed by atoms with Gasteiger partial charge in [0.1, 0.15) is 11.6 Å². The van der Waals surface area contributed by atoms with Gasteiger partial charge in [-0.25, -0.2) is 14.2 Å². The summed E-state index contributed by atoms with van der Waals surface area (Å²) in [6.07, 6.45) is 0. The lowest BCUT2D eigenvalue weighted by Gasteiger charge is -2.04. The van der Waals surface area contributed by atoms with E-state index in [0.29, 0.717) is 23.4 Å². The molecule has 0 atom stereocenters. The van der Waals surface area contributed by atoms with E-state index in [1.54, 1.807) is 0 Å². The van der Waals surface area contributed by atoms with E-state index in [0.717, 1.165) is 6.07 Å². The Morgan fingerprint density at radius 1 is 1.53 bits per heavy atom. The van der Waals surface area contributed by atoms with E-state index >= 15 is 0 Å². The van der Waals surface area contributed by atoms with Crippen LogP contribution in [0.5, 0.6) is 0 Å². The van der Waals surface area contributed by atoms with Gasteiger partial charge >= 0.3 is 5.97 Å². The molecule has 5 nitrogen and oxygen atoms in total. The number of nitrogens with zero attached hydrogens (tertiary/aromatic N) is 2. The first-order valence-corrected chi connectivity index (χ1v) is 5.03. The van der Waals surface area contributed by atoms with E-state index in [4.69, 9.17) is 5.11 Å². The molecule has 1 aromatic carbocycles. The predicted molar refractivity (Wildman–Crippen MR) is 60.4 cm³/mol. The van der Waals surface area contributed by atoms with E-state index in [9.17, 15) is 9.18 Å². The van der Waals surface area contributed by atoms with Crippen LogP contribution in [-0.4, -0.2) is 40.0 Å². The largest absolute Gasteiger partial charge is 0.478 e. The fraction of sp³-hybridized carbons (Fsp3) is 0.273. The van der Waals surface area contributed by atoms with E-state index < -0.39 is 11.8 Å². The fourth-order valence-electron chi connectivity index (χ4n) is 1.62. The number of imidazole rings is 1. The summed E-state index contributed by atoms with van der Waals surface area (Å²) in [4.78, 5) is 19.8. The van der Waals surface area contributed by atoms with Crippen molar-refractivity contribution in [3.05, 3.63) is 29.3 Å². The molecule has 0 aliphatic carbocycles. The Labute approximate surface area is 96.9 Å². The molecule has 1 aromatic heterocycles. The quantitative estimate of drug-likeness (QED) is 0.848. The summed E-state index contributed by atoms with van der Waals surface area (Å²) in [5.74, 6) is -1.38. The highest BCUT2D eigenvalue weighted by Gasteiger charge is 2.14. The molecule has 1 heterocycles. The van der Waals surface area contributed by atoms with Crippen molar-refractivity contribution >= 4 is 17.0 Å². The van der Waals surface area contributed by atoms with Crippen LogP contribution in [0.2, 0.25) is 0 Å². The third-order valence-electron chi connectivity index (χ3n) is 2.32. The van der Waals surface area contributed by atoms with Gasteiger partial charge in [-0.05, 0) is 20.2 Å². The number of carboxylic acids is 1. The van der Waals surface area contributed by atoms with Crippen molar-refractivity contribution in [2.24, 2.45) is 0 Å². The third kappa shape index (κ3) is 2.26. The summed E-state index contributed by atoms with van der Waals surface area (Å²) in [7, 11) is 3.77. The minimum Gasteiger partial charge on any atom is -0.478 e. The molecule has 0 spiro atoms. The molecule has 0 saturated carbocycles. The molecule has 90 valence electrons. The maximum absolute atomic E-state index is 13.4. The summed E-state index contributed by atoms with van der Waals surface area (Å²) in [5, 5.41) is 8.79. The van der Waals surface area contributed by atoms with E-state index in [1.165, 1.54) is 6.07 Å². The van der Waals surface area contributed by atoms with E-state index in [1.807, 2.05) is 19.0 Å². The molecule has 0 saturated heterocycles. The Morgan fingerprint density at radius 3 is 2.82 bits per heavy atom. The summed E-state index contributed by atoms with van der Waals surface area (Å²) < 4.78 is 13.4. The maximum Gasteiger partial charge on any atom is 0.338 e. The maximum atomic E-state index is 13.4. The zero-order chi connectivity index (χ0) is 12.6. The number of carbonyl (C=O) groups is 1. The average Bonchev–Trinajstić information content (AvgIpc) is 2.56. The number of fused-ring (bicyclic) bond motifs is 1. The van der Waals surface area contributed by atoms with Crippen LogP contribution in [0, 0.1) is 5.82 Å². The van der Waals surface area contributed by atoms with Crippen molar-refractivity contribution < 1.29 is 14.3 Å². The lowest BCUT2D eigenvalue weighted by molar-refractivity contribution is 0.0692. The normalized spacial score (nSPS) is 11.3. The first kappa shape index (κ1) is 11.5. The zero-order valence-corrected chi connectivity index (χ0v) is 9.49. The number of aromatic amines is 1. The molecule has 6 heteroatoms. The minimum absolute atomic E-state index is 0.361. The summed E-state index contributed by atoms with van der Waals surface area (Å²) in [5.41, 5.74) is 0.602. The molecular weight excluding hydrogens is 225 g/mol. The van der Waals surface area contributed by atoms with Gasteiger partial charge in [0.05, 0.1) is 23.1 Å². The summed E-state index contributed by atoms with van der Waals surface area (Å²) >= 11 is 0. The van der Waals surface area contributed by atoms with Gasteiger partial charge in [-0.15, -0.1) is 0 Å². The summed E-state index contributed by atoms with van der Waals surface area (Å²) in [6, 6.07) is 2.40. The SMILES string of the molecule is CN(C)Cc1nc2cc(C(=O)O)c(F)cc2[nH]1. The van der Waals surface area contributed by atoms with Crippen molar-refractivity contribution in [2.75, 3.05) is 14.1 Å². The van der Waals surface area contributed by atoms with Gasteiger partial charge < -0.3 is 15.0 Å². The van der Waals surface area contributed by atoms with Crippen LogP contribution in [0.15, 0.2) is 12.1 Å². The van der Waals surface area contributed by atoms with Crippen LogP contribution in [0.25, 0.3) is 11.0 Å². The lowest BCUT2D eigenvalue weighted by atomic mass is 10.2. The second-order valence-corrected chi connectivity index (χ2v) is 4.08. The number of aromatic nitrogens is 2. The highest BCUT2D eigenvalue weighted by Crippen LogP contribution is 2.18. The number of hydrogen-bond donors (Lipinski definition) is 2. The molecule has 0 bridgehead atoms. The predicted octanol–water partition coefficient (Wildman–Crippen LogP) is 1.46. The molecule has 0 amide bonds. The Hall–Kier alpha value is -1.95. The highest BCUT2D eigenvalue weighted by molar-refractivity contribution is 5.92. The van der Waals surface area contributed by atoms with Gasteiger partial charge in [-0.3, -0.25) is 0 Å². The van der Waals surface area contributed by atoms with E-state index in [-0.39, 0.29) is 5.56 Å². The lowest BCUT2D eigenvalue weighted by Crippen LogP contribution is -2.11. The molecule has 0 fully saturated rings. The number of hydrogen-bond acceptors (Lipinski definition) is 3. The van der Waals surface area contributed by atoms with Crippen LogP contribution in [0.4, 0.5) is 4.39 Å². The molecule has 2 rings (SSSR count). The second kappa shape index (κ2) is 4.14. The number of benzene rings is 1. The minimum atomic E-state index is -1.29. The molecule has 0 aliphatic heterocycles. The highest BCUT2D eigenvalue weighted by atomic mass is 19.1. The molecule has 0 unspecified atom stereocenters. The topological polar surface area (TPSA) is 69.2 Å². The Kier molecular flexibility index (Phi) is 2.81. The van der Waals surface area contributed by atoms with Crippen LogP contribution in [0.3, 0.4) is 0 Å². The van der Waals surface area contributed by atoms with Crippen molar-refractivity contribution in [2.45, 2.75) is 6.54 Å². The number of nitrogens with one attached hydrogen (secondary N) is 1. The van der Waals surface area contributed by atoms with Gasteiger partial charge in [-0.2, -0.15) is 0 Å². The van der Waals surface area contributed by atoms with Crippen molar-refractivity contribution in [1.29, 1.82) is 0 Å². The van der Waals surface area contributed by atoms with Gasteiger partial charge in [0.15, 0.2) is 0 Å². The van der Waals surface area contributed by atoms with Crippen molar-refractivity contribution in [3.63, 3.8) is 0 Å². The Balaban J connectivity index is 2.50.